The van der Waals surface area contributed by atoms with Crippen LogP contribution in [0.3, 0.4) is 0 Å². The molecule has 0 aromatic carbocycles. The molecule has 1 aliphatic heterocycles. The lowest BCUT2D eigenvalue weighted by molar-refractivity contribution is -0.125. The van der Waals surface area contributed by atoms with Gasteiger partial charge in [-0.2, -0.15) is 0 Å². The van der Waals surface area contributed by atoms with Crippen LogP contribution in [-0.4, -0.2) is 35.8 Å². The van der Waals surface area contributed by atoms with Crippen LogP contribution in [0.2, 0.25) is 0 Å². The average molecular weight is 320 g/mol. The molecule has 3 rings (SSSR count). The molecule has 120 valence electrons. The Kier molecular flexibility index (Phi) is 5.13. The SMILES string of the molecule is O=C(NCC1CCCCC1)[C@@H]1CCCN1C(=O)c1cccs1. The molecule has 22 heavy (non-hydrogen) atoms. The summed E-state index contributed by atoms with van der Waals surface area (Å²) in [7, 11) is 0. The van der Waals surface area contributed by atoms with E-state index >= 15 is 0 Å². The third kappa shape index (κ3) is 3.51. The van der Waals surface area contributed by atoms with Crippen LogP contribution in [0.4, 0.5) is 0 Å². The first-order chi connectivity index (χ1) is 10.8. The van der Waals surface area contributed by atoms with Crippen LogP contribution in [0, 0.1) is 5.92 Å². The van der Waals surface area contributed by atoms with Gasteiger partial charge >= 0.3 is 0 Å². The highest BCUT2D eigenvalue weighted by Crippen LogP contribution is 2.24. The zero-order valence-corrected chi connectivity index (χ0v) is 13.7. The second kappa shape index (κ2) is 7.27. The van der Waals surface area contributed by atoms with Crippen LogP contribution in [0.25, 0.3) is 0 Å². The van der Waals surface area contributed by atoms with Gasteiger partial charge in [0, 0.05) is 13.1 Å². The summed E-state index contributed by atoms with van der Waals surface area (Å²) < 4.78 is 0. The molecular weight excluding hydrogens is 296 g/mol. The first kappa shape index (κ1) is 15.5. The van der Waals surface area contributed by atoms with Gasteiger partial charge in [0.15, 0.2) is 0 Å². The molecule has 2 amide bonds. The summed E-state index contributed by atoms with van der Waals surface area (Å²) in [5.74, 6) is 0.666. The van der Waals surface area contributed by atoms with Crippen molar-refractivity contribution in [3.8, 4) is 0 Å². The minimum absolute atomic E-state index is 0.00492. The van der Waals surface area contributed by atoms with Gasteiger partial charge in [-0.25, -0.2) is 0 Å². The van der Waals surface area contributed by atoms with Gasteiger partial charge in [-0.3, -0.25) is 9.59 Å². The van der Waals surface area contributed by atoms with Gasteiger partial charge in [-0.05, 0) is 43.0 Å². The molecule has 1 aromatic heterocycles. The summed E-state index contributed by atoms with van der Waals surface area (Å²) in [4.78, 5) is 27.4. The van der Waals surface area contributed by atoms with E-state index in [1.807, 2.05) is 17.5 Å². The summed E-state index contributed by atoms with van der Waals surface area (Å²) >= 11 is 1.44. The number of rotatable bonds is 4. The maximum atomic E-state index is 12.5. The summed E-state index contributed by atoms with van der Waals surface area (Å²) in [6.07, 6.45) is 8.05. The lowest BCUT2D eigenvalue weighted by atomic mass is 9.89. The van der Waals surface area contributed by atoms with E-state index in [0.29, 0.717) is 12.5 Å². The molecule has 0 spiro atoms. The molecule has 1 saturated heterocycles. The highest BCUT2D eigenvalue weighted by molar-refractivity contribution is 7.12. The molecule has 1 aromatic rings. The van der Waals surface area contributed by atoms with Gasteiger partial charge < -0.3 is 10.2 Å². The second-order valence-electron chi connectivity index (χ2n) is 6.38. The number of hydrogen-bond acceptors (Lipinski definition) is 3. The van der Waals surface area contributed by atoms with E-state index in [1.54, 1.807) is 4.90 Å². The fourth-order valence-electron chi connectivity index (χ4n) is 3.58. The van der Waals surface area contributed by atoms with E-state index in [1.165, 1.54) is 43.4 Å². The minimum Gasteiger partial charge on any atom is -0.354 e. The number of carbonyl (C=O) groups is 2. The fourth-order valence-corrected chi connectivity index (χ4v) is 4.26. The van der Waals surface area contributed by atoms with E-state index in [0.717, 1.165) is 24.3 Å². The van der Waals surface area contributed by atoms with Crippen molar-refractivity contribution in [3.63, 3.8) is 0 Å². The predicted octanol–water partition coefficient (Wildman–Crippen LogP) is 3.05. The van der Waals surface area contributed by atoms with Crippen molar-refractivity contribution >= 4 is 23.2 Å². The Bertz CT molecular complexity index is 509. The van der Waals surface area contributed by atoms with Crippen molar-refractivity contribution in [2.45, 2.75) is 51.0 Å². The average Bonchev–Trinajstić information content (AvgIpc) is 3.24. The molecular formula is C17H24N2O2S. The van der Waals surface area contributed by atoms with Crippen molar-refractivity contribution in [1.29, 1.82) is 0 Å². The Morgan fingerprint density at radius 2 is 2.00 bits per heavy atom. The molecule has 2 heterocycles. The molecule has 0 radical (unpaired) electrons. The van der Waals surface area contributed by atoms with Crippen molar-refractivity contribution in [2.75, 3.05) is 13.1 Å². The van der Waals surface area contributed by atoms with Crippen LogP contribution in [0.5, 0.6) is 0 Å². The summed E-state index contributed by atoms with van der Waals surface area (Å²) in [6, 6.07) is 3.44. The van der Waals surface area contributed by atoms with E-state index in [-0.39, 0.29) is 17.9 Å². The van der Waals surface area contributed by atoms with Crippen molar-refractivity contribution < 1.29 is 9.59 Å². The molecule has 1 atom stereocenters. The monoisotopic (exact) mass is 320 g/mol. The maximum absolute atomic E-state index is 12.5. The summed E-state index contributed by atoms with van der Waals surface area (Å²) in [5, 5.41) is 5.00. The lowest BCUT2D eigenvalue weighted by Gasteiger charge is -2.26. The van der Waals surface area contributed by atoms with Gasteiger partial charge in [0.05, 0.1) is 4.88 Å². The van der Waals surface area contributed by atoms with Crippen molar-refractivity contribution in [1.82, 2.24) is 10.2 Å². The van der Waals surface area contributed by atoms with E-state index in [4.69, 9.17) is 0 Å². The zero-order chi connectivity index (χ0) is 15.4. The summed E-state index contributed by atoms with van der Waals surface area (Å²) in [5.41, 5.74) is 0. The smallest absolute Gasteiger partial charge is 0.264 e. The molecule has 2 aliphatic rings. The topological polar surface area (TPSA) is 49.4 Å². The standard InChI is InChI=1S/C17H24N2O2S/c20-16(18-12-13-6-2-1-3-7-13)14-8-4-10-19(14)17(21)15-9-5-11-22-15/h5,9,11,13-14H,1-4,6-8,10,12H2,(H,18,20)/t14-/m0/s1. The van der Waals surface area contributed by atoms with Crippen LogP contribution in [0.1, 0.15) is 54.6 Å². The van der Waals surface area contributed by atoms with Gasteiger partial charge in [0.25, 0.3) is 5.91 Å². The number of amides is 2. The van der Waals surface area contributed by atoms with E-state index in [9.17, 15) is 9.59 Å². The molecule has 2 fully saturated rings. The van der Waals surface area contributed by atoms with Gasteiger partial charge in [-0.1, -0.05) is 25.3 Å². The fraction of sp³-hybridized carbons (Fsp3) is 0.647. The maximum Gasteiger partial charge on any atom is 0.264 e. The summed E-state index contributed by atoms with van der Waals surface area (Å²) in [6.45, 7) is 1.47. The largest absolute Gasteiger partial charge is 0.354 e. The zero-order valence-electron chi connectivity index (χ0n) is 12.9. The van der Waals surface area contributed by atoms with Crippen molar-refractivity contribution in [3.05, 3.63) is 22.4 Å². The number of hydrogen-bond donors (Lipinski definition) is 1. The van der Waals surface area contributed by atoms with E-state index in [2.05, 4.69) is 5.32 Å². The Morgan fingerprint density at radius 3 is 2.73 bits per heavy atom. The van der Waals surface area contributed by atoms with Gasteiger partial charge in [-0.15, -0.1) is 11.3 Å². The highest BCUT2D eigenvalue weighted by Gasteiger charge is 2.34. The van der Waals surface area contributed by atoms with Crippen LogP contribution in [0.15, 0.2) is 17.5 Å². The van der Waals surface area contributed by atoms with Gasteiger partial charge in [0.1, 0.15) is 6.04 Å². The molecule has 1 N–H and O–H groups in total. The molecule has 1 aliphatic carbocycles. The lowest BCUT2D eigenvalue weighted by Crippen LogP contribution is -2.46. The minimum atomic E-state index is -0.279. The molecule has 4 nitrogen and oxygen atoms in total. The van der Waals surface area contributed by atoms with Crippen LogP contribution < -0.4 is 5.32 Å². The highest BCUT2D eigenvalue weighted by atomic mass is 32.1. The van der Waals surface area contributed by atoms with Crippen LogP contribution in [-0.2, 0) is 4.79 Å². The van der Waals surface area contributed by atoms with E-state index < -0.39 is 0 Å². The molecule has 0 unspecified atom stereocenters. The Labute approximate surface area is 135 Å². The Morgan fingerprint density at radius 1 is 1.18 bits per heavy atom. The number of carbonyl (C=O) groups excluding carboxylic acids is 2. The number of nitrogens with zero attached hydrogens (tertiary/aromatic N) is 1. The quantitative estimate of drug-likeness (QED) is 0.927. The number of likely N-dealkylation sites (tertiary alicyclic amines) is 1. The normalized spacial score (nSPS) is 22.7. The number of nitrogens with one attached hydrogen (secondary N) is 1. The third-order valence-electron chi connectivity index (χ3n) is 4.84. The second-order valence-corrected chi connectivity index (χ2v) is 7.33. The first-order valence-electron chi connectivity index (χ1n) is 8.38. The first-order valence-corrected chi connectivity index (χ1v) is 9.26. The Hall–Kier alpha value is -1.36. The van der Waals surface area contributed by atoms with Gasteiger partial charge in [0.2, 0.25) is 5.91 Å². The third-order valence-corrected chi connectivity index (χ3v) is 5.70. The predicted molar refractivity (Wildman–Crippen MR) is 88.0 cm³/mol. The van der Waals surface area contributed by atoms with Crippen molar-refractivity contribution in [2.24, 2.45) is 5.92 Å². The van der Waals surface area contributed by atoms with Crippen LogP contribution >= 0.6 is 11.3 Å². The molecule has 0 bridgehead atoms. The Balaban J connectivity index is 1.55. The molecule has 1 saturated carbocycles. The molecule has 5 heteroatoms. The number of thiophene rings is 1.